The molecule has 3 rings (SSSR count). The lowest BCUT2D eigenvalue weighted by Gasteiger charge is -2.15. The lowest BCUT2D eigenvalue weighted by Crippen LogP contribution is -2.31. The van der Waals surface area contributed by atoms with Gasteiger partial charge in [0.05, 0.1) is 11.7 Å². The van der Waals surface area contributed by atoms with Gasteiger partial charge in [0.15, 0.2) is 0 Å². The van der Waals surface area contributed by atoms with E-state index in [-0.39, 0.29) is 5.91 Å². The number of aromatic nitrogens is 2. The smallest absolute Gasteiger partial charge is 0.251 e. The number of carbonyl (C=O) groups is 1. The van der Waals surface area contributed by atoms with Crippen molar-refractivity contribution in [2.24, 2.45) is 0 Å². The number of hydrogen-bond donors (Lipinski definition) is 1. The van der Waals surface area contributed by atoms with Crippen LogP contribution in [0.3, 0.4) is 0 Å². The van der Waals surface area contributed by atoms with Crippen LogP contribution in [0.1, 0.15) is 15.9 Å². The Morgan fingerprint density at radius 1 is 1.29 bits per heavy atom. The maximum Gasteiger partial charge on any atom is 0.251 e. The second-order valence-corrected chi connectivity index (χ2v) is 3.80. The summed E-state index contributed by atoms with van der Waals surface area (Å²) < 4.78 is 8.26. The molecule has 0 aliphatic carbocycles. The molecule has 0 saturated carbocycles. The summed E-state index contributed by atoms with van der Waals surface area (Å²) in [6.45, 7) is 0.717. The zero-order valence-electron chi connectivity index (χ0n) is 7.28. The van der Waals surface area contributed by atoms with E-state index in [1.54, 1.807) is 0 Å². The molecule has 1 aliphatic heterocycles. The minimum absolute atomic E-state index is 0.00106. The van der Waals surface area contributed by atoms with Gasteiger partial charge in [-0.1, -0.05) is 0 Å². The lowest BCUT2D eigenvalue weighted by atomic mass is 10.00. The van der Waals surface area contributed by atoms with E-state index in [4.69, 9.17) is 0 Å². The Morgan fingerprint density at radius 2 is 2.07 bits per heavy atom. The quantitative estimate of drug-likeness (QED) is 0.697. The van der Waals surface area contributed by atoms with Crippen LogP contribution in [0.2, 0.25) is 0 Å². The molecule has 0 radical (unpaired) electrons. The third-order valence-corrected chi connectivity index (χ3v) is 2.96. The molecule has 1 N–H and O–H groups in total. The lowest BCUT2D eigenvalue weighted by molar-refractivity contribution is 0.0946. The van der Waals surface area contributed by atoms with E-state index < -0.39 is 0 Å². The fraction of sp³-hybridized carbons (Fsp3) is 0.222. The summed E-state index contributed by atoms with van der Waals surface area (Å²) >= 11 is 1.18. The summed E-state index contributed by atoms with van der Waals surface area (Å²) in [5.41, 5.74) is 3.53. The Bertz CT molecular complexity index is 520. The van der Waals surface area contributed by atoms with Crippen LogP contribution in [0.4, 0.5) is 0 Å². The van der Waals surface area contributed by atoms with E-state index in [1.165, 1.54) is 11.7 Å². The van der Waals surface area contributed by atoms with E-state index in [0.717, 1.165) is 35.1 Å². The molecule has 2 aromatic rings. The predicted molar refractivity (Wildman–Crippen MR) is 53.5 cm³/mol. The molecular weight excluding hydrogens is 198 g/mol. The SMILES string of the molecule is O=C1NCCc2cc3nsnc3cc21. The number of nitrogens with one attached hydrogen (secondary N) is 1. The van der Waals surface area contributed by atoms with Crippen molar-refractivity contribution in [2.45, 2.75) is 6.42 Å². The van der Waals surface area contributed by atoms with Crippen LogP contribution in [0.5, 0.6) is 0 Å². The first kappa shape index (κ1) is 7.87. The molecular formula is C9H7N3OS. The molecule has 1 aromatic heterocycles. The molecule has 0 saturated heterocycles. The summed E-state index contributed by atoms with van der Waals surface area (Å²) in [6.07, 6.45) is 0.883. The fourth-order valence-corrected chi connectivity index (χ4v) is 2.21. The van der Waals surface area contributed by atoms with E-state index in [2.05, 4.69) is 14.1 Å². The van der Waals surface area contributed by atoms with Crippen molar-refractivity contribution in [3.05, 3.63) is 23.3 Å². The first-order valence-electron chi connectivity index (χ1n) is 4.38. The topological polar surface area (TPSA) is 54.9 Å². The number of benzene rings is 1. The maximum absolute atomic E-state index is 11.5. The number of fused-ring (bicyclic) bond motifs is 2. The largest absolute Gasteiger partial charge is 0.352 e. The van der Waals surface area contributed by atoms with Crippen LogP contribution in [-0.4, -0.2) is 21.2 Å². The normalized spacial score (nSPS) is 15.3. The first-order valence-corrected chi connectivity index (χ1v) is 5.11. The van der Waals surface area contributed by atoms with Crippen molar-refractivity contribution >= 4 is 28.7 Å². The van der Waals surface area contributed by atoms with Gasteiger partial charge in [0.2, 0.25) is 0 Å². The minimum atomic E-state index is 0.00106. The first-order chi connectivity index (χ1) is 6.84. The van der Waals surface area contributed by atoms with Gasteiger partial charge in [-0.25, -0.2) is 0 Å². The molecule has 0 fully saturated rings. The molecule has 1 aromatic carbocycles. The van der Waals surface area contributed by atoms with Crippen molar-refractivity contribution in [1.82, 2.24) is 14.1 Å². The Labute approximate surface area is 84.3 Å². The van der Waals surface area contributed by atoms with Crippen LogP contribution >= 0.6 is 11.7 Å². The average molecular weight is 205 g/mol. The third kappa shape index (κ3) is 1.02. The van der Waals surface area contributed by atoms with E-state index >= 15 is 0 Å². The van der Waals surface area contributed by atoms with Gasteiger partial charge in [-0.15, -0.1) is 0 Å². The molecule has 0 bridgehead atoms. The Morgan fingerprint density at radius 3 is 2.93 bits per heavy atom. The molecule has 5 heteroatoms. The standard InChI is InChI=1S/C9H7N3OS/c13-9-6-4-8-7(11-14-12-8)3-5(6)1-2-10-9/h3-4H,1-2H2,(H,10,13). The molecule has 1 aliphatic rings. The zero-order valence-corrected chi connectivity index (χ0v) is 8.10. The molecule has 14 heavy (non-hydrogen) atoms. The van der Waals surface area contributed by atoms with Crippen molar-refractivity contribution in [3.8, 4) is 0 Å². The van der Waals surface area contributed by atoms with Crippen LogP contribution in [0, 0.1) is 0 Å². The third-order valence-electron chi connectivity index (χ3n) is 2.40. The molecule has 0 spiro atoms. The molecule has 70 valence electrons. The highest BCUT2D eigenvalue weighted by Crippen LogP contribution is 2.20. The van der Waals surface area contributed by atoms with Gasteiger partial charge in [0, 0.05) is 12.1 Å². The van der Waals surface area contributed by atoms with E-state index in [0.29, 0.717) is 0 Å². The maximum atomic E-state index is 11.5. The Balaban J connectivity index is 2.32. The summed E-state index contributed by atoms with van der Waals surface area (Å²) in [4.78, 5) is 11.5. The Kier molecular flexibility index (Phi) is 1.55. The predicted octanol–water partition coefficient (Wildman–Crippen LogP) is 0.977. The average Bonchev–Trinajstić information content (AvgIpc) is 2.62. The number of nitrogens with zero attached hydrogens (tertiary/aromatic N) is 2. The van der Waals surface area contributed by atoms with Crippen molar-refractivity contribution in [2.75, 3.05) is 6.54 Å². The number of amides is 1. The molecule has 0 atom stereocenters. The summed E-state index contributed by atoms with van der Waals surface area (Å²) in [7, 11) is 0. The van der Waals surface area contributed by atoms with Crippen molar-refractivity contribution in [3.63, 3.8) is 0 Å². The molecule has 2 heterocycles. The summed E-state index contributed by atoms with van der Waals surface area (Å²) in [5.74, 6) is 0.00106. The van der Waals surface area contributed by atoms with Crippen LogP contribution in [0.25, 0.3) is 11.0 Å². The van der Waals surface area contributed by atoms with Crippen LogP contribution in [0.15, 0.2) is 12.1 Å². The minimum Gasteiger partial charge on any atom is -0.352 e. The van der Waals surface area contributed by atoms with Gasteiger partial charge in [-0.2, -0.15) is 8.75 Å². The highest BCUT2D eigenvalue weighted by molar-refractivity contribution is 7.00. The van der Waals surface area contributed by atoms with Gasteiger partial charge in [0.25, 0.3) is 5.91 Å². The summed E-state index contributed by atoms with van der Waals surface area (Å²) in [5, 5.41) is 2.81. The molecule has 4 nitrogen and oxygen atoms in total. The number of hydrogen-bond acceptors (Lipinski definition) is 4. The van der Waals surface area contributed by atoms with E-state index in [1.807, 2.05) is 12.1 Å². The summed E-state index contributed by atoms with van der Waals surface area (Å²) in [6, 6.07) is 3.79. The van der Waals surface area contributed by atoms with Gasteiger partial charge >= 0.3 is 0 Å². The fourth-order valence-electron chi connectivity index (χ4n) is 1.70. The highest BCUT2D eigenvalue weighted by Gasteiger charge is 2.17. The van der Waals surface area contributed by atoms with Crippen molar-refractivity contribution in [1.29, 1.82) is 0 Å². The Hall–Kier alpha value is -1.49. The van der Waals surface area contributed by atoms with E-state index in [9.17, 15) is 4.79 Å². The highest BCUT2D eigenvalue weighted by atomic mass is 32.1. The van der Waals surface area contributed by atoms with Gasteiger partial charge in [0.1, 0.15) is 11.0 Å². The molecule has 0 unspecified atom stereocenters. The van der Waals surface area contributed by atoms with Gasteiger partial charge < -0.3 is 5.32 Å². The number of carbonyl (C=O) groups excluding carboxylic acids is 1. The monoisotopic (exact) mass is 205 g/mol. The second kappa shape index (κ2) is 2.75. The number of rotatable bonds is 0. The van der Waals surface area contributed by atoms with Crippen LogP contribution in [-0.2, 0) is 6.42 Å². The van der Waals surface area contributed by atoms with Crippen molar-refractivity contribution < 1.29 is 4.79 Å². The second-order valence-electron chi connectivity index (χ2n) is 3.27. The van der Waals surface area contributed by atoms with Crippen LogP contribution < -0.4 is 5.32 Å². The van der Waals surface area contributed by atoms with Gasteiger partial charge in [-0.05, 0) is 24.1 Å². The van der Waals surface area contributed by atoms with Gasteiger partial charge in [-0.3, -0.25) is 4.79 Å². The molecule has 1 amide bonds. The zero-order chi connectivity index (χ0) is 9.54.